The maximum absolute atomic E-state index is 12.1. The van der Waals surface area contributed by atoms with Gasteiger partial charge in [0.05, 0.1) is 12.2 Å². The van der Waals surface area contributed by atoms with Crippen LogP contribution in [-0.4, -0.2) is 23.9 Å². The molecule has 0 radical (unpaired) electrons. The van der Waals surface area contributed by atoms with Crippen molar-refractivity contribution in [1.29, 1.82) is 0 Å². The van der Waals surface area contributed by atoms with Crippen molar-refractivity contribution in [3.8, 4) is 11.5 Å². The van der Waals surface area contributed by atoms with Crippen LogP contribution in [0.1, 0.15) is 17.3 Å². The van der Waals surface area contributed by atoms with Crippen LogP contribution in [0.15, 0.2) is 18.2 Å². The van der Waals surface area contributed by atoms with Gasteiger partial charge in [0.25, 0.3) is 0 Å². The summed E-state index contributed by atoms with van der Waals surface area (Å²) in [6.07, 6.45) is -3.13. The zero-order valence-electron chi connectivity index (χ0n) is 8.04. The van der Waals surface area contributed by atoms with Gasteiger partial charge in [-0.15, -0.1) is 0 Å². The summed E-state index contributed by atoms with van der Waals surface area (Å²) < 4.78 is 29.2. The maximum Gasteiger partial charge on any atom is 0.300 e. The first kappa shape index (κ1) is 11.4. The van der Waals surface area contributed by atoms with E-state index >= 15 is 0 Å². The molecule has 82 valence electrons. The lowest BCUT2D eigenvalue weighted by molar-refractivity contribution is 0.0675. The second-order valence-corrected chi connectivity index (χ2v) is 2.75. The standard InChI is InChI=1S/C10H10F2O3/c1-2-15-7-5-3-4-6(8(7)13)9(14)10(11)12/h3-5,10,13H,2H2,1H3. The van der Waals surface area contributed by atoms with Gasteiger partial charge in [0.1, 0.15) is 0 Å². The van der Waals surface area contributed by atoms with Crippen molar-refractivity contribution in [3.05, 3.63) is 23.8 Å². The molecule has 1 aromatic rings. The number of ether oxygens (including phenoxy) is 1. The number of benzene rings is 1. The van der Waals surface area contributed by atoms with E-state index in [9.17, 15) is 18.7 Å². The Labute approximate surface area is 85.3 Å². The van der Waals surface area contributed by atoms with Crippen LogP contribution in [0.4, 0.5) is 8.78 Å². The van der Waals surface area contributed by atoms with Gasteiger partial charge < -0.3 is 9.84 Å². The molecule has 0 amide bonds. The van der Waals surface area contributed by atoms with Gasteiger partial charge in [0, 0.05) is 0 Å². The molecule has 0 aliphatic heterocycles. The number of aromatic hydroxyl groups is 1. The van der Waals surface area contributed by atoms with Crippen molar-refractivity contribution in [3.63, 3.8) is 0 Å². The Morgan fingerprint density at radius 1 is 1.53 bits per heavy atom. The summed E-state index contributed by atoms with van der Waals surface area (Å²) in [6, 6.07) is 3.91. The van der Waals surface area contributed by atoms with E-state index in [0.717, 1.165) is 6.07 Å². The number of halogens is 2. The molecule has 0 saturated carbocycles. The molecule has 0 saturated heterocycles. The molecule has 1 rings (SSSR count). The van der Waals surface area contributed by atoms with E-state index in [0.29, 0.717) is 0 Å². The van der Waals surface area contributed by atoms with Gasteiger partial charge in [-0.25, -0.2) is 8.78 Å². The van der Waals surface area contributed by atoms with E-state index in [-0.39, 0.29) is 12.4 Å². The van der Waals surface area contributed by atoms with Crippen LogP contribution in [0.25, 0.3) is 0 Å². The molecule has 0 fully saturated rings. The fourth-order valence-corrected chi connectivity index (χ4v) is 1.11. The van der Waals surface area contributed by atoms with Crippen LogP contribution in [0.5, 0.6) is 11.5 Å². The Morgan fingerprint density at radius 2 is 2.20 bits per heavy atom. The third-order valence-corrected chi connectivity index (χ3v) is 1.76. The summed E-state index contributed by atoms with van der Waals surface area (Å²) in [5, 5.41) is 9.46. The quantitative estimate of drug-likeness (QED) is 0.785. The van der Waals surface area contributed by atoms with E-state index in [1.807, 2.05) is 0 Å². The van der Waals surface area contributed by atoms with E-state index in [1.54, 1.807) is 6.92 Å². The largest absolute Gasteiger partial charge is 0.504 e. The van der Waals surface area contributed by atoms with Crippen molar-refractivity contribution < 1.29 is 23.4 Å². The molecule has 1 aromatic carbocycles. The minimum absolute atomic E-state index is 0.0315. The molecule has 15 heavy (non-hydrogen) atoms. The number of ketones is 1. The molecule has 0 heterocycles. The fraction of sp³-hybridized carbons (Fsp3) is 0.300. The molecule has 1 N–H and O–H groups in total. The van der Waals surface area contributed by atoms with Crippen LogP contribution >= 0.6 is 0 Å². The predicted octanol–water partition coefficient (Wildman–Crippen LogP) is 2.24. The zero-order chi connectivity index (χ0) is 11.4. The van der Waals surface area contributed by atoms with Gasteiger partial charge in [-0.1, -0.05) is 6.07 Å². The third kappa shape index (κ3) is 2.43. The molecule has 0 spiro atoms. The number of para-hydroxylation sites is 1. The molecular formula is C10H10F2O3. The number of alkyl halides is 2. The third-order valence-electron chi connectivity index (χ3n) is 1.76. The van der Waals surface area contributed by atoms with E-state index in [4.69, 9.17) is 4.74 Å². The predicted molar refractivity (Wildman–Crippen MR) is 49.6 cm³/mol. The highest BCUT2D eigenvalue weighted by Gasteiger charge is 2.22. The smallest absolute Gasteiger partial charge is 0.300 e. The highest BCUT2D eigenvalue weighted by atomic mass is 19.3. The number of rotatable bonds is 4. The number of hydrogen-bond donors (Lipinski definition) is 1. The average molecular weight is 216 g/mol. The van der Waals surface area contributed by atoms with Gasteiger partial charge in [-0.05, 0) is 19.1 Å². The Kier molecular flexibility index (Phi) is 3.60. The second-order valence-electron chi connectivity index (χ2n) is 2.75. The second kappa shape index (κ2) is 4.72. The van der Waals surface area contributed by atoms with Crippen molar-refractivity contribution in [2.24, 2.45) is 0 Å². The van der Waals surface area contributed by atoms with Gasteiger partial charge in [0.2, 0.25) is 5.78 Å². The Hall–Kier alpha value is -1.65. The number of carbonyl (C=O) groups is 1. The average Bonchev–Trinajstić information content (AvgIpc) is 2.20. The van der Waals surface area contributed by atoms with Crippen LogP contribution in [0.2, 0.25) is 0 Å². The molecule has 0 unspecified atom stereocenters. The van der Waals surface area contributed by atoms with Crippen LogP contribution in [0, 0.1) is 0 Å². The van der Waals surface area contributed by atoms with E-state index in [2.05, 4.69) is 0 Å². The summed E-state index contributed by atoms with van der Waals surface area (Å²) in [5.74, 6) is -1.91. The lowest BCUT2D eigenvalue weighted by Gasteiger charge is -2.08. The zero-order valence-corrected chi connectivity index (χ0v) is 8.04. The molecule has 0 aliphatic rings. The molecule has 0 atom stereocenters. The summed E-state index contributed by atoms with van der Waals surface area (Å²) >= 11 is 0. The number of carbonyl (C=O) groups excluding carboxylic acids is 1. The number of phenolic OH excluding ortho intramolecular Hbond substituents is 1. The highest BCUT2D eigenvalue weighted by molar-refractivity contribution is 6.01. The number of phenols is 1. The monoisotopic (exact) mass is 216 g/mol. The lowest BCUT2D eigenvalue weighted by Crippen LogP contribution is -2.10. The summed E-state index contributed by atoms with van der Waals surface area (Å²) in [4.78, 5) is 11.0. The summed E-state index contributed by atoms with van der Waals surface area (Å²) in [5.41, 5.74) is -0.420. The first-order valence-corrected chi connectivity index (χ1v) is 4.35. The van der Waals surface area contributed by atoms with Crippen molar-refractivity contribution in [2.45, 2.75) is 13.3 Å². The van der Waals surface area contributed by atoms with E-state index < -0.39 is 23.5 Å². The van der Waals surface area contributed by atoms with Crippen LogP contribution in [-0.2, 0) is 0 Å². The topological polar surface area (TPSA) is 46.5 Å². The molecule has 0 aromatic heterocycles. The van der Waals surface area contributed by atoms with Crippen molar-refractivity contribution >= 4 is 5.78 Å². The molecule has 0 aliphatic carbocycles. The Balaban J connectivity index is 3.09. The first-order valence-electron chi connectivity index (χ1n) is 4.35. The Bertz CT molecular complexity index is 364. The molecule has 0 bridgehead atoms. The summed E-state index contributed by atoms with van der Waals surface area (Å²) in [7, 11) is 0. The number of hydrogen-bond acceptors (Lipinski definition) is 3. The normalized spacial score (nSPS) is 10.4. The van der Waals surface area contributed by atoms with Gasteiger partial charge in [0.15, 0.2) is 11.5 Å². The minimum Gasteiger partial charge on any atom is -0.504 e. The Morgan fingerprint density at radius 3 is 2.73 bits per heavy atom. The minimum atomic E-state index is -3.13. The maximum atomic E-state index is 12.1. The molecular weight excluding hydrogens is 206 g/mol. The van der Waals surface area contributed by atoms with Gasteiger partial charge in [-0.3, -0.25) is 4.79 Å². The molecule has 3 nitrogen and oxygen atoms in total. The van der Waals surface area contributed by atoms with Gasteiger partial charge >= 0.3 is 6.43 Å². The van der Waals surface area contributed by atoms with Crippen LogP contribution in [0.3, 0.4) is 0 Å². The van der Waals surface area contributed by atoms with Crippen LogP contribution < -0.4 is 4.74 Å². The lowest BCUT2D eigenvalue weighted by atomic mass is 10.1. The summed E-state index contributed by atoms with van der Waals surface area (Å²) in [6.45, 7) is 1.96. The highest BCUT2D eigenvalue weighted by Crippen LogP contribution is 2.30. The van der Waals surface area contributed by atoms with Crippen molar-refractivity contribution in [2.75, 3.05) is 6.61 Å². The molecule has 5 heteroatoms. The van der Waals surface area contributed by atoms with Gasteiger partial charge in [-0.2, -0.15) is 0 Å². The van der Waals surface area contributed by atoms with Crippen molar-refractivity contribution in [1.82, 2.24) is 0 Å². The SMILES string of the molecule is CCOc1cccc(C(=O)C(F)F)c1O. The first-order chi connectivity index (χ1) is 7.07. The van der Waals surface area contributed by atoms with E-state index in [1.165, 1.54) is 12.1 Å². The number of Topliss-reactive ketones (excluding diaryl/α,β-unsaturated/α-hetero) is 1. The fourth-order valence-electron chi connectivity index (χ4n) is 1.11.